The first-order chi connectivity index (χ1) is 15.5. The van der Waals surface area contributed by atoms with Crippen LogP contribution < -0.4 is 10.6 Å². The number of rotatable bonds is 7. The Hall–Kier alpha value is -3.13. The SMILES string of the molecule is O=C(CSc1nc(NC2CC3CCC2C3)c2ccccc2n1)Nc1cccc(C(=O)O)c1. The number of amides is 1. The second-order valence-electron chi connectivity index (χ2n) is 8.52. The van der Waals surface area contributed by atoms with Crippen molar-refractivity contribution in [3.63, 3.8) is 0 Å². The summed E-state index contributed by atoms with van der Waals surface area (Å²) in [4.78, 5) is 32.9. The molecule has 1 amide bonds. The molecule has 2 saturated carbocycles. The van der Waals surface area contributed by atoms with Crippen LogP contribution in [-0.4, -0.2) is 38.7 Å². The van der Waals surface area contributed by atoms with E-state index in [1.807, 2.05) is 24.3 Å². The van der Waals surface area contributed by atoms with Crippen LogP contribution in [-0.2, 0) is 4.79 Å². The number of hydrogen-bond acceptors (Lipinski definition) is 6. The Morgan fingerprint density at radius 3 is 2.72 bits per heavy atom. The third kappa shape index (κ3) is 4.41. The second-order valence-corrected chi connectivity index (χ2v) is 9.46. The number of benzene rings is 2. The molecule has 0 aliphatic heterocycles. The van der Waals surface area contributed by atoms with E-state index in [4.69, 9.17) is 10.1 Å². The van der Waals surface area contributed by atoms with Crippen molar-refractivity contribution in [1.82, 2.24) is 9.97 Å². The maximum absolute atomic E-state index is 12.4. The Labute approximate surface area is 190 Å². The summed E-state index contributed by atoms with van der Waals surface area (Å²) in [6, 6.07) is 14.6. The molecular formula is C24H24N4O3S. The zero-order valence-corrected chi connectivity index (χ0v) is 18.3. The van der Waals surface area contributed by atoms with Gasteiger partial charge in [-0.3, -0.25) is 4.79 Å². The maximum atomic E-state index is 12.4. The number of anilines is 2. The van der Waals surface area contributed by atoms with Crippen molar-refractivity contribution in [2.75, 3.05) is 16.4 Å². The fourth-order valence-corrected chi connectivity index (χ4v) is 5.54. The molecule has 5 rings (SSSR count). The van der Waals surface area contributed by atoms with Crippen molar-refractivity contribution in [2.45, 2.75) is 36.9 Å². The molecule has 1 aromatic heterocycles. The Bertz CT molecular complexity index is 1180. The van der Waals surface area contributed by atoms with E-state index in [9.17, 15) is 9.59 Å². The first kappa shape index (κ1) is 20.8. The quantitative estimate of drug-likeness (QED) is 0.357. The highest BCUT2D eigenvalue weighted by molar-refractivity contribution is 7.99. The number of para-hydroxylation sites is 1. The average molecular weight is 449 g/mol. The lowest BCUT2D eigenvalue weighted by atomic mass is 9.95. The predicted octanol–water partition coefficient (Wildman–Crippen LogP) is 4.66. The number of carboxylic acids is 1. The molecule has 0 saturated heterocycles. The number of thioether (sulfide) groups is 1. The van der Waals surface area contributed by atoms with Crippen molar-refractivity contribution in [1.29, 1.82) is 0 Å². The number of nitrogens with one attached hydrogen (secondary N) is 2. The zero-order chi connectivity index (χ0) is 22.1. The van der Waals surface area contributed by atoms with E-state index in [2.05, 4.69) is 15.6 Å². The van der Waals surface area contributed by atoms with E-state index in [0.717, 1.165) is 28.6 Å². The van der Waals surface area contributed by atoms with E-state index >= 15 is 0 Å². The number of carbonyl (C=O) groups excluding carboxylic acids is 1. The fraction of sp³-hybridized carbons (Fsp3) is 0.333. The van der Waals surface area contributed by atoms with Crippen molar-refractivity contribution in [3.8, 4) is 0 Å². The van der Waals surface area contributed by atoms with Crippen LogP contribution in [0.2, 0.25) is 0 Å². The molecule has 7 nitrogen and oxygen atoms in total. The maximum Gasteiger partial charge on any atom is 0.335 e. The van der Waals surface area contributed by atoms with Crippen LogP contribution >= 0.6 is 11.8 Å². The molecule has 0 radical (unpaired) electrons. The molecule has 32 heavy (non-hydrogen) atoms. The molecule has 0 spiro atoms. The molecule has 8 heteroatoms. The predicted molar refractivity (Wildman–Crippen MR) is 125 cm³/mol. The molecule has 2 aliphatic carbocycles. The average Bonchev–Trinajstić information content (AvgIpc) is 3.41. The van der Waals surface area contributed by atoms with Crippen LogP contribution in [0.3, 0.4) is 0 Å². The van der Waals surface area contributed by atoms with Gasteiger partial charge < -0.3 is 15.7 Å². The Balaban J connectivity index is 1.29. The summed E-state index contributed by atoms with van der Waals surface area (Å²) in [7, 11) is 0. The van der Waals surface area contributed by atoms with Gasteiger partial charge in [0.05, 0.1) is 16.8 Å². The molecule has 3 unspecified atom stereocenters. The number of aromatic nitrogens is 2. The smallest absolute Gasteiger partial charge is 0.335 e. The van der Waals surface area contributed by atoms with Crippen LogP contribution in [0.5, 0.6) is 0 Å². The van der Waals surface area contributed by atoms with Crippen LogP contribution in [0.4, 0.5) is 11.5 Å². The molecule has 3 N–H and O–H groups in total. The van der Waals surface area contributed by atoms with E-state index in [0.29, 0.717) is 16.9 Å². The zero-order valence-electron chi connectivity index (χ0n) is 17.5. The molecule has 2 aliphatic rings. The molecular weight excluding hydrogens is 424 g/mol. The third-order valence-corrected chi connectivity index (χ3v) is 7.22. The number of aromatic carboxylic acids is 1. The van der Waals surface area contributed by atoms with E-state index in [1.54, 1.807) is 12.1 Å². The number of fused-ring (bicyclic) bond motifs is 3. The Morgan fingerprint density at radius 1 is 1.06 bits per heavy atom. The number of carboxylic acid groups (broad SMARTS) is 1. The van der Waals surface area contributed by atoms with Gasteiger partial charge in [0.15, 0.2) is 5.16 Å². The molecule has 1 heterocycles. The highest BCUT2D eigenvalue weighted by Crippen LogP contribution is 2.45. The fourth-order valence-electron chi connectivity index (χ4n) is 4.88. The van der Waals surface area contributed by atoms with Gasteiger partial charge in [-0.15, -0.1) is 0 Å². The normalized spacial score (nSPS) is 21.6. The highest BCUT2D eigenvalue weighted by Gasteiger charge is 2.39. The summed E-state index contributed by atoms with van der Waals surface area (Å²) in [5.41, 5.74) is 1.43. The van der Waals surface area contributed by atoms with Gasteiger partial charge in [-0.25, -0.2) is 14.8 Å². The first-order valence-corrected chi connectivity index (χ1v) is 11.8. The number of carbonyl (C=O) groups is 2. The molecule has 2 aromatic carbocycles. The van der Waals surface area contributed by atoms with Crippen LogP contribution in [0.1, 0.15) is 36.0 Å². The van der Waals surface area contributed by atoms with E-state index in [-0.39, 0.29) is 17.2 Å². The summed E-state index contributed by atoms with van der Waals surface area (Å²) in [5.74, 6) is 1.25. The summed E-state index contributed by atoms with van der Waals surface area (Å²) in [5, 5.41) is 17.1. The summed E-state index contributed by atoms with van der Waals surface area (Å²) in [6.07, 6.45) is 5.14. The van der Waals surface area contributed by atoms with Crippen LogP contribution in [0.15, 0.2) is 53.7 Å². The molecule has 2 fully saturated rings. The minimum Gasteiger partial charge on any atom is -0.478 e. The first-order valence-electron chi connectivity index (χ1n) is 10.8. The molecule has 3 aromatic rings. The molecule has 3 atom stereocenters. The van der Waals surface area contributed by atoms with Crippen LogP contribution in [0.25, 0.3) is 10.9 Å². The molecule has 2 bridgehead atoms. The largest absolute Gasteiger partial charge is 0.478 e. The van der Waals surface area contributed by atoms with Gasteiger partial charge in [-0.1, -0.05) is 36.4 Å². The highest BCUT2D eigenvalue weighted by atomic mass is 32.2. The monoisotopic (exact) mass is 448 g/mol. The number of hydrogen-bond donors (Lipinski definition) is 3. The van der Waals surface area contributed by atoms with Gasteiger partial charge in [0.1, 0.15) is 5.82 Å². The van der Waals surface area contributed by atoms with Crippen molar-refractivity contribution < 1.29 is 14.7 Å². The van der Waals surface area contributed by atoms with E-state index in [1.165, 1.54) is 49.6 Å². The van der Waals surface area contributed by atoms with Crippen molar-refractivity contribution in [3.05, 3.63) is 54.1 Å². The Morgan fingerprint density at radius 2 is 1.94 bits per heavy atom. The summed E-state index contributed by atoms with van der Waals surface area (Å²) >= 11 is 1.27. The molecule has 164 valence electrons. The van der Waals surface area contributed by atoms with Crippen molar-refractivity contribution >= 4 is 46.0 Å². The third-order valence-electron chi connectivity index (χ3n) is 6.37. The second kappa shape index (κ2) is 8.78. The van der Waals surface area contributed by atoms with Gasteiger partial charge >= 0.3 is 5.97 Å². The lowest BCUT2D eigenvalue weighted by Crippen LogP contribution is -2.26. The van der Waals surface area contributed by atoms with Gasteiger partial charge in [-0.05, 0) is 61.4 Å². The minimum absolute atomic E-state index is 0.128. The van der Waals surface area contributed by atoms with Gasteiger partial charge in [-0.2, -0.15) is 0 Å². The standard InChI is InChI=1S/C24H24N4O3S/c29-21(25-17-5-3-4-16(12-17)23(30)31)13-32-24-27-19-7-2-1-6-18(19)22(28-24)26-20-11-14-8-9-15(20)10-14/h1-7,12,14-15,20H,8-11,13H2,(H,25,29)(H,30,31)(H,26,27,28). The summed E-state index contributed by atoms with van der Waals surface area (Å²) < 4.78 is 0. The van der Waals surface area contributed by atoms with Gasteiger partial charge in [0, 0.05) is 17.1 Å². The van der Waals surface area contributed by atoms with Crippen molar-refractivity contribution in [2.24, 2.45) is 11.8 Å². The number of nitrogens with zero attached hydrogens (tertiary/aromatic N) is 2. The lowest BCUT2D eigenvalue weighted by Gasteiger charge is -2.24. The van der Waals surface area contributed by atoms with Crippen LogP contribution in [0, 0.1) is 11.8 Å². The summed E-state index contributed by atoms with van der Waals surface area (Å²) in [6.45, 7) is 0. The van der Waals surface area contributed by atoms with Gasteiger partial charge in [0.2, 0.25) is 5.91 Å². The van der Waals surface area contributed by atoms with E-state index < -0.39 is 5.97 Å². The topological polar surface area (TPSA) is 104 Å². The van der Waals surface area contributed by atoms with Gasteiger partial charge in [0.25, 0.3) is 0 Å². The Kier molecular flexibility index (Phi) is 5.70. The lowest BCUT2D eigenvalue weighted by molar-refractivity contribution is -0.113. The minimum atomic E-state index is -1.03.